The highest BCUT2D eigenvalue weighted by molar-refractivity contribution is 9.10. The summed E-state index contributed by atoms with van der Waals surface area (Å²) in [6, 6.07) is 16.0. The molecule has 0 fully saturated rings. The van der Waals surface area contributed by atoms with Gasteiger partial charge in [-0.25, -0.2) is 0 Å². The lowest BCUT2D eigenvalue weighted by atomic mass is 10.1. The number of benzene rings is 2. The van der Waals surface area contributed by atoms with E-state index in [9.17, 15) is 4.79 Å². The van der Waals surface area contributed by atoms with Crippen molar-refractivity contribution in [2.45, 2.75) is 26.4 Å². The van der Waals surface area contributed by atoms with Crippen molar-refractivity contribution in [3.63, 3.8) is 0 Å². The molecular formula is C18H22BrN2O+. The van der Waals surface area contributed by atoms with Crippen LogP contribution in [0.4, 0.5) is 5.69 Å². The fourth-order valence-electron chi connectivity index (χ4n) is 2.19. The van der Waals surface area contributed by atoms with Crippen molar-refractivity contribution >= 4 is 27.5 Å². The van der Waals surface area contributed by atoms with Crippen molar-refractivity contribution in [2.75, 3.05) is 12.4 Å². The van der Waals surface area contributed by atoms with Gasteiger partial charge in [-0.2, -0.15) is 0 Å². The van der Waals surface area contributed by atoms with Crippen molar-refractivity contribution < 1.29 is 9.69 Å². The summed E-state index contributed by atoms with van der Waals surface area (Å²) in [5.41, 5.74) is 3.32. The summed E-state index contributed by atoms with van der Waals surface area (Å²) in [7, 11) is 2.05. The number of nitrogens with one attached hydrogen (secondary N) is 2. The summed E-state index contributed by atoms with van der Waals surface area (Å²) >= 11 is 3.39. The molecule has 2 rings (SSSR count). The summed E-state index contributed by atoms with van der Waals surface area (Å²) in [6.07, 6.45) is 0. The molecule has 0 aliphatic rings. The Morgan fingerprint density at radius 1 is 1.14 bits per heavy atom. The molecule has 0 spiro atoms. The third-order valence-corrected chi connectivity index (χ3v) is 4.38. The molecule has 116 valence electrons. The number of quaternary nitrogens is 1. The van der Waals surface area contributed by atoms with Gasteiger partial charge in [0.25, 0.3) is 5.91 Å². The number of halogens is 1. The molecule has 2 atom stereocenters. The van der Waals surface area contributed by atoms with Crippen LogP contribution in [0.1, 0.15) is 18.1 Å². The predicted octanol–water partition coefficient (Wildman–Crippen LogP) is 2.80. The summed E-state index contributed by atoms with van der Waals surface area (Å²) in [5, 5.41) is 2.96. The Kier molecular flexibility index (Phi) is 5.75. The summed E-state index contributed by atoms with van der Waals surface area (Å²) in [6.45, 7) is 4.86. The summed E-state index contributed by atoms with van der Waals surface area (Å²) in [4.78, 5) is 13.5. The van der Waals surface area contributed by atoms with Crippen molar-refractivity contribution in [1.29, 1.82) is 0 Å². The molecule has 0 saturated carbocycles. The quantitative estimate of drug-likeness (QED) is 0.843. The van der Waals surface area contributed by atoms with Crippen molar-refractivity contribution in [3.05, 3.63) is 64.1 Å². The Morgan fingerprint density at radius 2 is 1.73 bits per heavy atom. The first-order valence-electron chi connectivity index (χ1n) is 7.40. The number of anilines is 1. The molecule has 22 heavy (non-hydrogen) atoms. The Bertz CT molecular complexity index is 623. The molecule has 0 aliphatic heterocycles. The van der Waals surface area contributed by atoms with Gasteiger partial charge in [0.2, 0.25) is 0 Å². The van der Waals surface area contributed by atoms with Crippen LogP contribution in [0, 0.1) is 6.92 Å². The van der Waals surface area contributed by atoms with Crippen LogP contribution < -0.4 is 10.2 Å². The fourth-order valence-corrected chi connectivity index (χ4v) is 2.45. The monoisotopic (exact) mass is 361 g/mol. The number of rotatable bonds is 5. The van der Waals surface area contributed by atoms with Crippen molar-refractivity contribution in [1.82, 2.24) is 0 Å². The first-order valence-corrected chi connectivity index (χ1v) is 8.19. The zero-order chi connectivity index (χ0) is 16.1. The maximum atomic E-state index is 12.3. The van der Waals surface area contributed by atoms with E-state index < -0.39 is 0 Å². The minimum atomic E-state index is -0.120. The Labute approximate surface area is 140 Å². The molecule has 2 N–H and O–H groups in total. The van der Waals surface area contributed by atoms with E-state index in [0.29, 0.717) is 0 Å². The van der Waals surface area contributed by atoms with Gasteiger partial charge in [0.1, 0.15) is 6.54 Å². The second-order valence-electron chi connectivity index (χ2n) is 5.73. The average molecular weight is 362 g/mol. The highest BCUT2D eigenvalue weighted by Crippen LogP contribution is 2.14. The smallest absolute Gasteiger partial charge is 0.282 e. The lowest BCUT2D eigenvalue weighted by Gasteiger charge is -2.21. The average Bonchev–Trinajstić information content (AvgIpc) is 2.51. The van der Waals surface area contributed by atoms with Gasteiger partial charge in [0.05, 0.1) is 7.05 Å². The molecule has 2 aromatic rings. The first kappa shape index (κ1) is 16.7. The molecule has 0 radical (unpaired) electrons. The molecule has 3 nitrogen and oxygen atoms in total. The van der Waals surface area contributed by atoms with Gasteiger partial charge in [-0.3, -0.25) is 4.79 Å². The van der Waals surface area contributed by atoms with Gasteiger partial charge in [-0.05, 0) is 38.1 Å². The lowest BCUT2D eigenvalue weighted by molar-refractivity contribution is -0.907. The molecule has 1 amide bonds. The number of hydrogen-bond acceptors (Lipinski definition) is 1. The minimum Gasteiger partial charge on any atom is -0.324 e. The highest BCUT2D eigenvalue weighted by atomic mass is 79.9. The van der Waals surface area contributed by atoms with E-state index in [4.69, 9.17) is 0 Å². The molecule has 2 aromatic carbocycles. The number of amides is 1. The second-order valence-corrected chi connectivity index (χ2v) is 6.64. The molecule has 0 aromatic heterocycles. The van der Waals surface area contributed by atoms with Gasteiger partial charge in [0, 0.05) is 15.7 Å². The number of aryl methyl sites for hydroxylation is 1. The van der Waals surface area contributed by atoms with Crippen LogP contribution in [0.3, 0.4) is 0 Å². The third kappa shape index (κ3) is 4.68. The Hall–Kier alpha value is -1.65. The molecule has 0 saturated heterocycles. The van der Waals surface area contributed by atoms with Gasteiger partial charge in [0.15, 0.2) is 6.04 Å². The van der Waals surface area contributed by atoms with Gasteiger partial charge < -0.3 is 10.2 Å². The van der Waals surface area contributed by atoms with E-state index in [2.05, 4.69) is 52.4 Å². The minimum absolute atomic E-state index is 0.0342. The Morgan fingerprint density at radius 3 is 2.32 bits per heavy atom. The maximum Gasteiger partial charge on any atom is 0.282 e. The third-order valence-electron chi connectivity index (χ3n) is 3.85. The van der Waals surface area contributed by atoms with Crippen LogP contribution in [0.25, 0.3) is 0 Å². The van der Waals surface area contributed by atoms with E-state index in [1.807, 2.05) is 38.2 Å². The van der Waals surface area contributed by atoms with Crippen LogP contribution in [-0.2, 0) is 11.3 Å². The Balaban J connectivity index is 1.94. The van der Waals surface area contributed by atoms with Crippen LogP contribution >= 0.6 is 15.9 Å². The van der Waals surface area contributed by atoms with Crippen LogP contribution in [0.5, 0.6) is 0 Å². The molecule has 1 unspecified atom stereocenters. The fraction of sp³-hybridized carbons (Fsp3) is 0.278. The van der Waals surface area contributed by atoms with Crippen LogP contribution in [0.2, 0.25) is 0 Å². The summed E-state index contributed by atoms with van der Waals surface area (Å²) < 4.78 is 1.00. The SMILES string of the molecule is Cc1ccc(C[NH+](C)[C@H](C)C(=O)Nc2ccc(Br)cc2)cc1. The normalized spacial score (nSPS) is 13.5. The molecule has 0 aliphatic carbocycles. The van der Waals surface area contributed by atoms with E-state index in [1.54, 1.807) is 0 Å². The largest absolute Gasteiger partial charge is 0.324 e. The van der Waals surface area contributed by atoms with E-state index in [1.165, 1.54) is 16.0 Å². The number of carbonyl (C=O) groups is 1. The summed E-state index contributed by atoms with van der Waals surface area (Å²) in [5.74, 6) is 0.0342. The maximum absolute atomic E-state index is 12.3. The molecule has 0 heterocycles. The lowest BCUT2D eigenvalue weighted by Crippen LogP contribution is -3.12. The van der Waals surface area contributed by atoms with Crippen molar-refractivity contribution in [3.8, 4) is 0 Å². The zero-order valence-electron chi connectivity index (χ0n) is 13.2. The van der Waals surface area contributed by atoms with E-state index in [0.717, 1.165) is 16.7 Å². The zero-order valence-corrected chi connectivity index (χ0v) is 14.8. The standard InChI is InChI=1S/C18H21BrN2O/c1-13-4-6-15(7-5-13)12-21(3)14(2)18(22)20-17-10-8-16(19)9-11-17/h4-11,14H,12H2,1-3H3,(H,20,22)/p+1/t14-/m1/s1. The van der Waals surface area contributed by atoms with Gasteiger partial charge >= 0.3 is 0 Å². The number of hydrogen-bond donors (Lipinski definition) is 2. The second kappa shape index (κ2) is 7.56. The van der Waals surface area contributed by atoms with Crippen LogP contribution in [-0.4, -0.2) is 19.0 Å². The van der Waals surface area contributed by atoms with Crippen molar-refractivity contribution in [2.24, 2.45) is 0 Å². The van der Waals surface area contributed by atoms with E-state index in [-0.39, 0.29) is 11.9 Å². The molecular weight excluding hydrogens is 340 g/mol. The number of carbonyl (C=O) groups excluding carboxylic acids is 1. The predicted molar refractivity (Wildman–Crippen MR) is 94.0 cm³/mol. The first-order chi connectivity index (χ1) is 10.5. The van der Waals surface area contributed by atoms with Gasteiger partial charge in [-0.15, -0.1) is 0 Å². The highest BCUT2D eigenvalue weighted by Gasteiger charge is 2.21. The molecule has 4 heteroatoms. The van der Waals surface area contributed by atoms with E-state index >= 15 is 0 Å². The molecule has 0 bridgehead atoms. The van der Waals surface area contributed by atoms with Crippen LogP contribution in [0.15, 0.2) is 53.0 Å². The van der Waals surface area contributed by atoms with Gasteiger partial charge in [-0.1, -0.05) is 45.8 Å². The topological polar surface area (TPSA) is 33.5 Å². The number of likely N-dealkylation sites (N-methyl/N-ethyl adjacent to an activating group) is 1.